The molecule has 3 aromatic rings. The maximum absolute atomic E-state index is 12.9. The normalized spacial score (nSPS) is 16.0. The lowest BCUT2D eigenvalue weighted by molar-refractivity contribution is 0.0691. The number of aryl methyl sites for hydroxylation is 1. The van der Waals surface area contributed by atoms with Gasteiger partial charge in [-0.15, -0.1) is 0 Å². The summed E-state index contributed by atoms with van der Waals surface area (Å²) < 4.78 is 6.83. The number of rotatable bonds is 3. The summed E-state index contributed by atoms with van der Waals surface area (Å²) in [5.41, 5.74) is 1.89. The Morgan fingerprint density at radius 2 is 2.12 bits per heavy atom. The third kappa shape index (κ3) is 2.68. The van der Waals surface area contributed by atoms with E-state index in [0.29, 0.717) is 5.92 Å². The van der Waals surface area contributed by atoms with Crippen LogP contribution in [0.5, 0.6) is 0 Å². The largest absolute Gasteiger partial charge is 0.351 e. The van der Waals surface area contributed by atoms with Gasteiger partial charge in [0.1, 0.15) is 0 Å². The summed E-state index contributed by atoms with van der Waals surface area (Å²) in [5.74, 6) is 1.40. The number of carbonyl (C=O) groups is 1. The van der Waals surface area contributed by atoms with Gasteiger partial charge in [-0.2, -0.15) is 4.98 Å². The predicted octanol–water partition coefficient (Wildman–Crippen LogP) is 2.66. The van der Waals surface area contributed by atoms with E-state index in [2.05, 4.69) is 10.1 Å². The van der Waals surface area contributed by atoms with Crippen molar-refractivity contribution in [3.05, 3.63) is 48.2 Å². The van der Waals surface area contributed by atoms with Gasteiger partial charge in [-0.3, -0.25) is 4.79 Å². The van der Waals surface area contributed by atoms with Crippen LogP contribution in [-0.2, 0) is 13.5 Å². The second kappa shape index (κ2) is 6.11. The molecule has 1 aromatic carbocycles. The fourth-order valence-corrected chi connectivity index (χ4v) is 3.54. The molecule has 6 nitrogen and oxygen atoms in total. The number of carbonyl (C=O) groups excluding carboxylic acids is 1. The molecule has 24 heavy (non-hydrogen) atoms. The highest BCUT2D eigenvalue weighted by Crippen LogP contribution is 2.25. The lowest BCUT2D eigenvalue weighted by Crippen LogP contribution is -2.39. The van der Waals surface area contributed by atoms with Crippen molar-refractivity contribution in [1.82, 2.24) is 19.6 Å². The lowest BCUT2D eigenvalue weighted by Gasteiger charge is -2.31. The molecule has 3 heterocycles. The van der Waals surface area contributed by atoms with Gasteiger partial charge in [0.25, 0.3) is 5.91 Å². The van der Waals surface area contributed by atoms with Gasteiger partial charge in [-0.1, -0.05) is 11.2 Å². The second-order valence-electron chi connectivity index (χ2n) is 6.45. The zero-order valence-electron chi connectivity index (χ0n) is 13.7. The van der Waals surface area contributed by atoms with Crippen LogP contribution in [-0.4, -0.2) is 38.6 Å². The van der Waals surface area contributed by atoms with E-state index in [0.717, 1.165) is 54.6 Å². The van der Waals surface area contributed by atoms with E-state index in [1.54, 1.807) is 0 Å². The Bertz CT molecular complexity index is 845. The Morgan fingerprint density at radius 3 is 2.88 bits per heavy atom. The van der Waals surface area contributed by atoms with Crippen LogP contribution in [0.1, 0.15) is 29.0 Å². The maximum Gasteiger partial charge on any atom is 0.254 e. The van der Waals surface area contributed by atoms with E-state index >= 15 is 0 Å². The second-order valence-corrected chi connectivity index (χ2v) is 6.45. The van der Waals surface area contributed by atoms with Gasteiger partial charge in [0.15, 0.2) is 5.82 Å². The molecule has 0 saturated carbocycles. The first-order valence-electron chi connectivity index (χ1n) is 8.31. The summed E-state index contributed by atoms with van der Waals surface area (Å²) in [4.78, 5) is 19.0. The highest BCUT2D eigenvalue weighted by Gasteiger charge is 2.25. The highest BCUT2D eigenvalue weighted by molar-refractivity contribution is 6.06. The number of fused-ring (bicyclic) bond motifs is 1. The van der Waals surface area contributed by atoms with Crippen molar-refractivity contribution in [1.29, 1.82) is 0 Å². The summed E-state index contributed by atoms with van der Waals surface area (Å²) in [6.45, 7) is 1.56. The molecule has 4 rings (SSSR count). The molecule has 0 aliphatic carbocycles. The number of likely N-dealkylation sites (tertiary alicyclic amines) is 1. The van der Waals surface area contributed by atoms with Crippen LogP contribution in [0.25, 0.3) is 10.9 Å². The Labute approximate surface area is 140 Å². The Kier molecular flexibility index (Phi) is 3.80. The van der Waals surface area contributed by atoms with Crippen molar-refractivity contribution >= 4 is 16.8 Å². The zero-order valence-corrected chi connectivity index (χ0v) is 13.7. The van der Waals surface area contributed by atoms with E-state index in [-0.39, 0.29) is 5.91 Å². The van der Waals surface area contributed by atoms with Crippen LogP contribution < -0.4 is 0 Å². The predicted molar refractivity (Wildman–Crippen MR) is 89.5 cm³/mol. The summed E-state index contributed by atoms with van der Waals surface area (Å²) >= 11 is 0. The number of aromatic nitrogens is 3. The summed E-state index contributed by atoms with van der Waals surface area (Å²) in [7, 11) is 2.00. The first-order valence-corrected chi connectivity index (χ1v) is 8.31. The minimum atomic E-state index is 0.129. The smallest absolute Gasteiger partial charge is 0.254 e. The molecule has 1 aliphatic heterocycles. The number of amides is 1. The molecule has 0 N–H and O–H groups in total. The fraction of sp³-hybridized carbons (Fsp3) is 0.389. The van der Waals surface area contributed by atoms with Crippen molar-refractivity contribution in [3.63, 3.8) is 0 Å². The summed E-state index contributed by atoms with van der Waals surface area (Å²) in [5, 5.41) is 4.91. The van der Waals surface area contributed by atoms with Gasteiger partial charge in [0.2, 0.25) is 6.39 Å². The van der Waals surface area contributed by atoms with E-state index in [9.17, 15) is 4.79 Å². The summed E-state index contributed by atoms with van der Waals surface area (Å²) in [6, 6.07) is 7.95. The first kappa shape index (κ1) is 14.9. The van der Waals surface area contributed by atoms with Gasteiger partial charge in [0.05, 0.1) is 0 Å². The standard InChI is InChI=1S/C18H20N4O2/c1-21-8-7-14-15(3-2-4-16(14)21)18(23)22-9-5-13(6-10-22)11-17-19-12-24-20-17/h2-4,7-8,12-13H,5-6,9-11H2,1H3. The van der Waals surface area contributed by atoms with Crippen LogP contribution in [0, 0.1) is 5.92 Å². The van der Waals surface area contributed by atoms with Crippen molar-refractivity contribution in [2.75, 3.05) is 13.1 Å². The van der Waals surface area contributed by atoms with E-state index in [1.165, 1.54) is 6.39 Å². The molecular formula is C18H20N4O2. The van der Waals surface area contributed by atoms with Crippen molar-refractivity contribution in [2.45, 2.75) is 19.3 Å². The minimum absolute atomic E-state index is 0.129. The van der Waals surface area contributed by atoms with Crippen LogP contribution >= 0.6 is 0 Å². The molecule has 0 bridgehead atoms. The molecule has 6 heteroatoms. The van der Waals surface area contributed by atoms with Crippen molar-refractivity contribution in [2.24, 2.45) is 13.0 Å². The van der Waals surface area contributed by atoms with Gasteiger partial charge >= 0.3 is 0 Å². The van der Waals surface area contributed by atoms with E-state index in [1.807, 2.05) is 47.0 Å². The minimum Gasteiger partial charge on any atom is -0.351 e. The van der Waals surface area contributed by atoms with Gasteiger partial charge < -0.3 is 14.0 Å². The number of hydrogen-bond acceptors (Lipinski definition) is 4. The van der Waals surface area contributed by atoms with Gasteiger partial charge in [0, 0.05) is 49.2 Å². The molecule has 0 atom stereocenters. The van der Waals surface area contributed by atoms with Crippen molar-refractivity contribution in [3.8, 4) is 0 Å². The molecular weight excluding hydrogens is 304 g/mol. The third-order valence-corrected chi connectivity index (χ3v) is 4.94. The fourth-order valence-electron chi connectivity index (χ4n) is 3.54. The van der Waals surface area contributed by atoms with Gasteiger partial charge in [-0.05, 0) is 37.0 Å². The molecule has 124 valence electrons. The number of piperidine rings is 1. The molecule has 1 saturated heterocycles. The van der Waals surface area contributed by atoms with Gasteiger partial charge in [-0.25, -0.2) is 0 Å². The third-order valence-electron chi connectivity index (χ3n) is 4.94. The molecule has 2 aromatic heterocycles. The molecule has 0 spiro atoms. The molecule has 1 fully saturated rings. The van der Waals surface area contributed by atoms with E-state index in [4.69, 9.17) is 4.52 Å². The van der Waals surface area contributed by atoms with Crippen molar-refractivity contribution < 1.29 is 9.32 Å². The number of hydrogen-bond donors (Lipinski definition) is 0. The summed E-state index contributed by atoms with van der Waals surface area (Å²) in [6.07, 6.45) is 6.15. The van der Waals surface area contributed by atoms with E-state index < -0.39 is 0 Å². The average Bonchev–Trinajstić information content (AvgIpc) is 3.25. The van der Waals surface area contributed by atoms with Crippen LogP contribution in [0.2, 0.25) is 0 Å². The Hall–Kier alpha value is -2.63. The SMILES string of the molecule is Cn1ccc2c(C(=O)N3CCC(Cc4ncon4)CC3)cccc21. The highest BCUT2D eigenvalue weighted by atomic mass is 16.5. The Morgan fingerprint density at radius 1 is 1.29 bits per heavy atom. The van der Waals surface area contributed by atoms with Crippen LogP contribution in [0.4, 0.5) is 0 Å². The monoisotopic (exact) mass is 324 g/mol. The topological polar surface area (TPSA) is 64.2 Å². The van der Waals surface area contributed by atoms with Crippen LogP contribution in [0.3, 0.4) is 0 Å². The Balaban J connectivity index is 1.46. The molecule has 1 aliphatic rings. The number of nitrogens with zero attached hydrogens (tertiary/aromatic N) is 4. The first-order chi connectivity index (χ1) is 11.7. The molecule has 0 radical (unpaired) electrons. The zero-order chi connectivity index (χ0) is 16.5. The van der Waals surface area contributed by atoms with Crippen LogP contribution in [0.15, 0.2) is 41.4 Å². The lowest BCUT2D eigenvalue weighted by atomic mass is 9.93. The quantitative estimate of drug-likeness (QED) is 0.743. The molecule has 0 unspecified atom stereocenters. The molecule has 1 amide bonds. The average molecular weight is 324 g/mol. The maximum atomic E-state index is 12.9. The number of benzene rings is 1.